The summed E-state index contributed by atoms with van der Waals surface area (Å²) in [5.41, 5.74) is 0. The van der Waals surface area contributed by atoms with Crippen LogP contribution in [0.25, 0.3) is 0 Å². The fourth-order valence-electron chi connectivity index (χ4n) is 0.950. The number of nitrogens with one attached hydrogen (secondary N) is 1. The van der Waals surface area contributed by atoms with Gasteiger partial charge in [-0.25, -0.2) is 5.11 Å². The Bertz CT molecular complexity index is 68.9. The summed E-state index contributed by atoms with van der Waals surface area (Å²) in [5.74, 6) is 0. The Morgan fingerprint density at radius 3 is 2.62 bits per heavy atom. The zero-order chi connectivity index (χ0) is 5.98. The van der Waals surface area contributed by atoms with Crippen molar-refractivity contribution in [1.29, 1.82) is 0 Å². The smallest absolute Gasteiger partial charge is 0.0916 e. The van der Waals surface area contributed by atoms with Gasteiger partial charge in [0.05, 0.1) is 6.10 Å². The highest BCUT2D eigenvalue weighted by Gasteiger charge is 2.17. The molecular formula is C6H12NO. The van der Waals surface area contributed by atoms with Crippen molar-refractivity contribution in [2.45, 2.75) is 31.9 Å². The highest BCUT2D eigenvalue weighted by molar-refractivity contribution is 4.78. The van der Waals surface area contributed by atoms with Crippen LogP contribution >= 0.6 is 0 Å². The monoisotopic (exact) mass is 114 g/mol. The molecule has 0 saturated carbocycles. The number of hydrogen-bond acceptors (Lipinski definition) is 1. The standard InChI is InChI=1S/C6H12NO/c1-5(8)4-6-2-3-7-6/h5-7H,2-4H2,1H3. The van der Waals surface area contributed by atoms with Crippen molar-refractivity contribution >= 4 is 0 Å². The van der Waals surface area contributed by atoms with Gasteiger partial charge in [-0.1, -0.05) is 0 Å². The largest absolute Gasteiger partial charge is 0.314 e. The second kappa shape index (κ2) is 2.46. The molecule has 0 aromatic heterocycles. The van der Waals surface area contributed by atoms with E-state index < -0.39 is 0 Å². The Hall–Kier alpha value is -0.0800. The first-order valence-electron chi connectivity index (χ1n) is 3.18. The third-order valence-electron chi connectivity index (χ3n) is 1.54. The molecule has 8 heavy (non-hydrogen) atoms. The quantitative estimate of drug-likeness (QED) is 0.558. The minimum atomic E-state index is -0.382. The van der Waals surface area contributed by atoms with E-state index in [4.69, 9.17) is 0 Å². The predicted molar refractivity (Wildman–Crippen MR) is 31.2 cm³/mol. The van der Waals surface area contributed by atoms with Gasteiger partial charge in [-0.2, -0.15) is 0 Å². The van der Waals surface area contributed by atoms with Crippen molar-refractivity contribution in [2.24, 2.45) is 0 Å². The van der Waals surface area contributed by atoms with Gasteiger partial charge in [0.25, 0.3) is 0 Å². The summed E-state index contributed by atoms with van der Waals surface area (Å²) in [6.45, 7) is 2.83. The van der Waals surface area contributed by atoms with E-state index in [-0.39, 0.29) is 6.10 Å². The fourth-order valence-corrected chi connectivity index (χ4v) is 0.950. The maximum Gasteiger partial charge on any atom is 0.0916 e. The molecule has 0 spiro atoms. The highest BCUT2D eigenvalue weighted by Crippen LogP contribution is 2.08. The Morgan fingerprint density at radius 1 is 1.88 bits per heavy atom. The van der Waals surface area contributed by atoms with E-state index in [1.165, 1.54) is 6.42 Å². The van der Waals surface area contributed by atoms with Gasteiger partial charge in [0.15, 0.2) is 0 Å². The van der Waals surface area contributed by atoms with Gasteiger partial charge in [0.2, 0.25) is 0 Å². The molecule has 47 valence electrons. The lowest BCUT2D eigenvalue weighted by molar-refractivity contribution is 0.0784. The van der Waals surface area contributed by atoms with Gasteiger partial charge < -0.3 is 5.32 Å². The normalized spacial score (nSPS) is 31.5. The molecule has 1 aliphatic heterocycles. The maximum absolute atomic E-state index is 10.5. The first-order chi connectivity index (χ1) is 3.79. The maximum atomic E-state index is 10.5. The lowest BCUT2D eigenvalue weighted by atomic mass is 10.0. The van der Waals surface area contributed by atoms with Crippen LogP contribution in [0.15, 0.2) is 0 Å². The van der Waals surface area contributed by atoms with Crippen molar-refractivity contribution in [2.75, 3.05) is 6.54 Å². The summed E-state index contributed by atoms with van der Waals surface area (Å²) in [5, 5.41) is 13.7. The summed E-state index contributed by atoms with van der Waals surface area (Å²) >= 11 is 0. The molecular weight excluding hydrogens is 102 g/mol. The molecule has 0 aliphatic carbocycles. The average Bonchev–Trinajstić information content (AvgIpc) is 1.55. The zero-order valence-corrected chi connectivity index (χ0v) is 5.18. The summed E-state index contributed by atoms with van der Waals surface area (Å²) in [4.78, 5) is 0. The van der Waals surface area contributed by atoms with Crippen molar-refractivity contribution in [3.05, 3.63) is 0 Å². The molecule has 1 N–H and O–H groups in total. The van der Waals surface area contributed by atoms with Crippen LogP contribution in [0.1, 0.15) is 19.8 Å². The topological polar surface area (TPSA) is 31.9 Å². The van der Waals surface area contributed by atoms with E-state index >= 15 is 0 Å². The van der Waals surface area contributed by atoms with Crippen molar-refractivity contribution in [1.82, 2.24) is 5.32 Å². The van der Waals surface area contributed by atoms with Gasteiger partial charge in [-0.15, -0.1) is 0 Å². The minimum Gasteiger partial charge on any atom is -0.314 e. The second-order valence-corrected chi connectivity index (χ2v) is 2.49. The molecule has 0 bridgehead atoms. The summed E-state index contributed by atoms with van der Waals surface area (Å²) < 4.78 is 0. The molecule has 1 heterocycles. The van der Waals surface area contributed by atoms with Gasteiger partial charge in [-0.05, 0) is 26.3 Å². The molecule has 0 amide bonds. The third kappa shape index (κ3) is 1.46. The first kappa shape index (κ1) is 6.05. The van der Waals surface area contributed by atoms with Crippen LogP contribution in [0.5, 0.6) is 0 Å². The van der Waals surface area contributed by atoms with E-state index in [0.717, 1.165) is 13.0 Å². The van der Waals surface area contributed by atoms with Crippen LogP contribution in [0, 0.1) is 0 Å². The number of hydrogen-bond donors (Lipinski definition) is 1. The lowest BCUT2D eigenvalue weighted by Crippen LogP contribution is -2.44. The first-order valence-corrected chi connectivity index (χ1v) is 3.18. The molecule has 2 nitrogen and oxygen atoms in total. The zero-order valence-electron chi connectivity index (χ0n) is 5.18. The van der Waals surface area contributed by atoms with E-state index in [0.29, 0.717) is 6.04 Å². The molecule has 1 radical (unpaired) electrons. The van der Waals surface area contributed by atoms with Crippen LogP contribution < -0.4 is 5.32 Å². The molecule has 1 fully saturated rings. The van der Waals surface area contributed by atoms with Crippen LogP contribution in [0.2, 0.25) is 0 Å². The summed E-state index contributed by atoms with van der Waals surface area (Å²) in [6.07, 6.45) is 1.62. The Balaban J connectivity index is 2.01. The van der Waals surface area contributed by atoms with Crippen molar-refractivity contribution < 1.29 is 5.11 Å². The third-order valence-corrected chi connectivity index (χ3v) is 1.54. The van der Waals surface area contributed by atoms with E-state index in [9.17, 15) is 5.11 Å². The van der Waals surface area contributed by atoms with Crippen LogP contribution in [-0.2, 0) is 5.11 Å². The highest BCUT2D eigenvalue weighted by atomic mass is 16.3. The van der Waals surface area contributed by atoms with E-state index in [1.54, 1.807) is 6.92 Å². The molecule has 0 aromatic rings. The van der Waals surface area contributed by atoms with Crippen LogP contribution in [-0.4, -0.2) is 18.7 Å². The molecule has 1 aliphatic rings. The van der Waals surface area contributed by atoms with E-state index in [2.05, 4.69) is 5.32 Å². The minimum absolute atomic E-state index is 0.382. The molecule has 1 saturated heterocycles. The molecule has 2 heteroatoms. The number of rotatable bonds is 2. The van der Waals surface area contributed by atoms with Crippen molar-refractivity contribution in [3.8, 4) is 0 Å². The SMILES string of the molecule is CC([O])CC1CCN1. The Morgan fingerprint density at radius 2 is 2.50 bits per heavy atom. The van der Waals surface area contributed by atoms with Gasteiger partial charge in [-0.3, -0.25) is 0 Å². The van der Waals surface area contributed by atoms with Gasteiger partial charge in [0, 0.05) is 6.04 Å². The summed E-state index contributed by atoms with van der Waals surface area (Å²) in [7, 11) is 0. The molecule has 0 aromatic carbocycles. The fraction of sp³-hybridized carbons (Fsp3) is 1.00. The predicted octanol–water partition coefficient (Wildman–Crippen LogP) is 0.557. The Labute approximate surface area is 49.9 Å². The van der Waals surface area contributed by atoms with E-state index in [1.807, 2.05) is 0 Å². The van der Waals surface area contributed by atoms with Crippen LogP contribution in [0.3, 0.4) is 0 Å². The lowest BCUT2D eigenvalue weighted by Gasteiger charge is -2.27. The Kier molecular flexibility index (Phi) is 1.86. The molecule has 2 unspecified atom stereocenters. The summed E-state index contributed by atoms with van der Waals surface area (Å²) in [6, 6.07) is 0.544. The van der Waals surface area contributed by atoms with Crippen molar-refractivity contribution in [3.63, 3.8) is 0 Å². The molecule has 1 rings (SSSR count). The van der Waals surface area contributed by atoms with Gasteiger partial charge in [0.1, 0.15) is 0 Å². The van der Waals surface area contributed by atoms with Gasteiger partial charge >= 0.3 is 0 Å². The van der Waals surface area contributed by atoms with Crippen LogP contribution in [0.4, 0.5) is 0 Å². The molecule has 2 atom stereocenters. The second-order valence-electron chi connectivity index (χ2n) is 2.49. The average molecular weight is 114 g/mol.